The molecular weight excluding hydrogens is 213 g/mol. The van der Waals surface area contributed by atoms with Crippen molar-refractivity contribution in [2.24, 2.45) is 5.41 Å². The molecule has 0 bridgehead atoms. The Morgan fingerprint density at radius 2 is 1.88 bits per heavy atom. The van der Waals surface area contributed by atoms with Crippen LogP contribution in [0.15, 0.2) is 18.2 Å². The lowest BCUT2D eigenvalue weighted by atomic mass is 9.83. The predicted molar refractivity (Wildman–Crippen MR) is 59.1 cm³/mol. The highest BCUT2D eigenvalue weighted by molar-refractivity contribution is 5.26. The summed E-state index contributed by atoms with van der Waals surface area (Å²) in [5, 5.41) is 0. The van der Waals surface area contributed by atoms with Crippen LogP contribution >= 0.6 is 0 Å². The lowest BCUT2D eigenvalue weighted by molar-refractivity contribution is 0.146. The van der Waals surface area contributed by atoms with Crippen molar-refractivity contribution in [3.8, 4) is 0 Å². The van der Waals surface area contributed by atoms with Gasteiger partial charge in [-0.25, -0.2) is 13.2 Å². The van der Waals surface area contributed by atoms with Gasteiger partial charge in [0, 0.05) is 0 Å². The first kappa shape index (κ1) is 13.1. The summed E-state index contributed by atoms with van der Waals surface area (Å²) in [5.74, 6) is -0.806. The second-order valence-corrected chi connectivity index (χ2v) is 4.85. The van der Waals surface area contributed by atoms with Gasteiger partial charge in [-0.05, 0) is 23.5 Å². The van der Waals surface area contributed by atoms with Crippen molar-refractivity contribution in [3.63, 3.8) is 0 Å². The minimum atomic E-state index is -2.74. The molecule has 0 amide bonds. The summed E-state index contributed by atoms with van der Waals surface area (Å²) in [6, 6.07) is 3.99. The van der Waals surface area contributed by atoms with Crippen LogP contribution in [0, 0.1) is 11.2 Å². The molecular formula is C13H17F3. The van der Waals surface area contributed by atoms with Crippen molar-refractivity contribution in [2.75, 3.05) is 0 Å². The van der Waals surface area contributed by atoms with Gasteiger partial charge >= 0.3 is 0 Å². The van der Waals surface area contributed by atoms with Crippen LogP contribution in [0.3, 0.4) is 0 Å². The molecule has 3 heteroatoms. The average molecular weight is 230 g/mol. The van der Waals surface area contributed by atoms with E-state index in [1.165, 1.54) is 12.1 Å². The number of halogens is 3. The van der Waals surface area contributed by atoms with Crippen molar-refractivity contribution >= 4 is 0 Å². The summed E-state index contributed by atoms with van der Waals surface area (Å²) in [6.07, 6.45) is -1.08. The molecule has 0 heterocycles. The van der Waals surface area contributed by atoms with Crippen molar-refractivity contribution in [1.82, 2.24) is 0 Å². The van der Waals surface area contributed by atoms with Gasteiger partial charge < -0.3 is 0 Å². The lowest BCUT2D eigenvalue weighted by Gasteiger charge is -2.22. The minimum Gasteiger partial charge on any atom is -0.206 e. The number of rotatable bonds is 4. The highest BCUT2D eigenvalue weighted by atomic mass is 19.3. The quantitative estimate of drug-likeness (QED) is 0.700. The summed E-state index contributed by atoms with van der Waals surface area (Å²) < 4.78 is 37.9. The van der Waals surface area contributed by atoms with E-state index in [4.69, 9.17) is 0 Å². The molecule has 0 aliphatic rings. The van der Waals surface area contributed by atoms with Crippen LogP contribution in [0.25, 0.3) is 0 Å². The molecule has 1 aromatic carbocycles. The maximum atomic E-state index is 13.3. The predicted octanol–water partition coefficient (Wildman–Crippen LogP) is 4.74. The van der Waals surface area contributed by atoms with Crippen molar-refractivity contribution in [2.45, 2.75) is 40.0 Å². The SMILES string of the molecule is CCC(C)(C)Cc1ccc(C(F)F)c(F)c1. The molecule has 0 unspecified atom stereocenters. The largest absolute Gasteiger partial charge is 0.266 e. The molecule has 0 fully saturated rings. The third kappa shape index (κ3) is 3.26. The molecule has 1 rings (SSSR count). The van der Waals surface area contributed by atoms with E-state index >= 15 is 0 Å². The fourth-order valence-electron chi connectivity index (χ4n) is 1.54. The van der Waals surface area contributed by atoms with Gasteiger partial charge in [0.05, 0.1) is 5.56 Å². The van der Waals surface area contributed by atoms with Crippen LogP contribution in [0.4, 0.5) is 13.2 Å². The maximum absolute atomic E-state index is 13.3. The Labute approximate surface area is 94.5 Å². The Hall–Kier alpha value is -0.990. The first-order chi connectivity index (χ1) is 7.35. The van der Waals surface area contributed by atoms with E-state index < -0.39 is 17.8 Å². The summed E-state index contributed by atoms with van der Waals surface area (Å²) in [5.41, 5.74) is 0.325. The van der Waals surface area contributed by atoms with E-state index in [0.29, 0.717) is 6.42 Å². The minimum absolute atomic E-state index is 0.0682. The zero-order valence-electron chi connectivity index (χ0n) is 9.86. The molecule has 1 aromatic rings. The van der Waals surface area contributed by atoms with E-state index in [1.54, 1.807) is 6.07 Å². The van der Waals surface area contributed by atoms with Crippen molar-refractivity contribution in [1.29, 1.82) is 0 Å². The Balaban J connectivity index is 2.90. The summed E-state index contributed by atoms with van der Waals surface area (Å²) in [7, 11) is 0. The zero-order chi connectivity index (χ0) is 12.3. The summed E-state index contributed by atoms with van der Waals surface area (Å²) >= 11 is 0. The number of benzene rings is 1. The molecule has 0 aliphatic carbocycles. The highest BCUT2D eigenvalue weighted by Gasteiger charge is 2.18. The molecule has 0 spiro atoms. The van der Waals surface area contributed by atoms with E-state index in [1.807, 2.05) is 0 Å². The molecule has 90 valence electrons. The third-order valence-electron chi connectivity index (χ3n) is 2.94. The van der Waals surface area contributed by atoms with Gasteiger partial charge in [-0.1, -0.05) is 39.3 Å². The molecule has 0 aromatic heterocycles. The first-order valence-corrected chi connectivity index (χ1v) is 5.42. The van der Waals surface area contributed by atoms with Gasteiger partial charge in [0.1, 0.15) is 5.82 Å². The van der Waals surface area contributed by atoms with E-state index in [2.05, 4.69) is 20.8 Å². The molecule has 16 heavy (non-hydrogen) atoms. The average Bonchev–Trinajstić information content (AvgIpc) is 2.16. The topological polar surface area (TPSA) is 0 Å². The molecule has 0 saturated heterocycles. The standard InChI is InChI=1S/C13H17F3/c1-4-13(2,3)8-9-5-6-10(12(15)16)11(14)7-9/h5-7,12H,4,8H2,1-3H3. The van der Waals surface area contributed by atoms with Crippen molar-refractivity contribution in [3.05, 3.63) is 35.1 Å². The summed E-state index contributed by atoms with van der Waals surface area (Å²) in [6.45, 7) is 6.21. The van der Waals surface area contributed by atoms with Crippen LogP contribution in [-0.2, 0) is 6.42 Å². The molecule has 0 radical (unpaired) electrons. The smallest absolute Gasteiger partial charge is 0.206 e. The molecule has 0 N–H and O–H groups in total. The van der Waals surface area contributed by atoms with E-state index in [-0.39, 0.29) is 5.41 Å². The van der Waals surface area contributed by atoms with Gasteiger partial charge in [-0.15, -0.1) is 0 Å². The van der Waals surface area contributed by atoms with Gasteiger partial charge in [0.25, 0.3) is 6.43 Å². The third-order valence-corrected chi connectivity index (χ3v) is 2.94. The van der Waals surface area contributed by atoms with Crippen LogP contribution in [-0.4, -0.2) is 0 Å². The molecule has 0 nitrogen and oxygen atoms in total. The first-order valence-electron chi connectivity index (χ1n) is 5.42. The number of hydrogen-bond donors (Lipinski definition) is 0. The number of alkyl halides is 2. The Morgan fingerprint density at radius 3 is 2.31 bits per heavy atom. The molecule has 0 atom stereocenters. The Kier molecular flexibility index (Phi) is 4.00. The van der Waals surface area contributed by atoms with E-state index in [9.17, 15) is 13.2 Å². The van der Waals surface area contributed by atoms with Gasteiger partial charge in [0.15, 0.2) is 0 Å². The molecule has 0 aliphatic heterocycles. The monoisotopic (exact) mass is 230 g/mol. The van der Waals surface area contributed by atoms with Gasteiger partial charge in [0.2, 0.25) is 0 Å². The van der Waals surface area contributed by atoms with Crippen LogP contribution in [0.1, 0.15) is 44.7 Å². The van der Waals surface area contributed by atoms with Crippen LogP contribution < -0.4 is 0 Å². The number of hydrogen-bond acceptors (Lipinski definition) is 0. The second kappa shape index (κ2) is 4.89. The molecule has 0 saturated carbocycles. The van der Waals surface area contributed by atoms with Crippen LogP contribution in [0.5, 0.6) is 0 Å². The Morgan fingerprint density at radius 1 is 1.25 bits per heavy atom. The summed E-state index contributed by atoms with van der Waals surface area (Å²) in [4.78, 5) is 0. The fraction of sp³-hybridized carbons (Fsp3) is 0.538. The normalized spacial score (nSPS) is 12.2. The maximum Gasteiger partial charge on any atom is 0.266 e. The van der Waals surface area contributed by atoms with Gasteiger partial charge in [-0.2, -0.15) is 0 Å². The van der Waals surface area contributed by atoms with Crippen LogP contribution in [0.2, 0.25) is 0 Å². The van der Waals surface area contributed by atoms with Gasteiger partial charge in [-0.3, -0.25) is 0 Å². The van der Waals surface area contributed by atoms with Crippen molar-refractivity contribution < 1.29 is 13.2 Å². The lowest BCUT2D eigenvalue weighted by Crippen LogP contribution is -2.13. The zero-order valence-corrected chi connectivity index (χ0v) is 9.86. The van der Waals surface area contributed by atoms with E-state index in [0.717, 1.165) is 12.0 Å². The Bertz CT molecular complexity index is 356. The fourth-order valence-corrected chi connectivity index (χ4v) is 1.54. The second-order valence-electron chi connectivity index (χ2n) is 4.85. The highest BCUT2D eigenvalue weighted by Crippen LogP contribution is 2.28.